The van der Waals surface area contributed by atoms with Gasteiger partial charge in [0.2, 0.25) is 0 Å². The molecule has 3 rings (SSSR count). The zero-order valence-corrected chi connectivity index (χ0v) is 15.3. The molecule has 0 saturated carbocycles. The third-order valence-corrected chi connectivity index (χ3v) is 4.71. The molecule has 3 aromatic rings. The van der Waals surface area contributed by atoms with E-state index in [0.29, 0.717) is 6.54 Å². The fourth-order valence-electron chi connectivity index (χ4n) is 2.89. The Balaban J connectivity index is 1.73. The first kappa shape index (κ1) is 17.5. The van der Waals surface area contributed by atoms with Gasteiger partial charge in [0.25, 0.3) is 0 Å². The Kier molecular flexibility index (Phi) is 5.74. The summed E-state index contributed by atoms with van der Waals surface area (Å²) >= 11 is 5.73. The highest BCUT2D eigenvalue weighted by molar-refractivity contribution is 7.80. The Hall–Kier alpha value is -2.30. The fraction of sp³-hybridized carbons (Fsp3) is 0.238. The minimum atomic E-state index is 0.593. The van der Waals surface area contributed by atoms with Gasteiger partial charge in [-0.1, -0.05) is 60.2 Å². The van der Waals surface area contributed by atoms with Crippen molar-refractivity contribution in [2.75, 3.05) is 13.1 Å². The van der Waals surface area contributed by atoms with Crippen molar-refractivity contribution in [2.24, 2.45) is 5.73 Å². The van der Waals surface area contributed by atoms with Gasteiger partial charge in [0.15, 0.2) is 0 Å². The van der Waals surface area contributed by atoms with E-state index in [1.807, 2.05) is 18.5 Å². The molecular weight excluding hydrogens is 326 g/mol. The molecule has 1 aromatic heterocycles. The number of hydrogen-bond acceptors (Lipinski definition) is 3. The van der Waals surface area contributed by atoms with Crippen LogP contribution in [-0.2, 0) is 13.0 Å². The molecule has 2 aromatic carbocycles. The van der Waals surface area contributed by atoms with E-state index in [1.165, 1.54) is 22.1 Å². The van der Waals surface area contributed by atoms with E-state index < -0.39 is 0 Å². The van der Waals surface area contributed by atoms with Crippen molar-refractivity contribution in [1.29, 1.82) is 0 Å². The largest absolute Gasteiger partial charge is 0.360 e. The monoisotopic (exact) mass is 349 g/mol. The van der Waals surface area contributed by atoms with Gasteiger partial charge in [-0.15, -0.1) is 0 Å². The van der Waals surface area contributed by atoms with Crippen LogP contribution in [0.4, 0.5) is 0 Å². The molecule has 0 aliphatic heterocycles. The molecule has 0 aliphatic carbocycles. The van der Waals surface area contributed by atoms with Crippen LogP contribution in [0, 0.1) is 6.92 Å². The molecule has 128 valence electrons. The zero-order valence-electron chi connectivity index (χ0n) is 14.5. The van der Waals surface area contributed by atoms with Gasteiger partial charge >= 0.3 is 0 Å². The molecular formula is C21H23N3S. The van der Waals surface area contributed by atoms with Crippen LogP contribution in [0.25, 0.3) is 10.8 Å². The maximum Gasteiger partial charge on any atom is 0.0827 e. The summed E-state index contributed by atoms with van der Waals surface area (Å²) in [5, 5.41) is 2.34. The number of aromatic nitrogens is 1. The maximum absolute atomic E-state index is 5.80. The molecule has 0 spiro atoms. The summed E-state index contributed by atoms with van der Waals surface area (Å²) in [5.74, 6) is 0. The van der Waals surface area contributed by atoms with Crippen LogP contribution < -0.4 is 5.73 Å². The van der Waals surface area contributed by atoms with Crippen LogP contribution >= 0.6 is 12.2 Å². The standard InChI is InChI=1S/C21H23N3S/c1-16-2-4-17(5-3-16)15-24(11-9-22)21(25)13-18-6-7-20-14-23-10-8-19(20)12-18/h2-8,10,12,14H,9,11,13,15,22H2,1H3. The van der Waals surface area contributed by atoms with Crippen molar-refractivity contribution >= 4 is 28.0 Å². The SMILES string of the molecule is Cc1ccc(CN(CCN)C(=S)Cc2ccc3cnccc3c2)cc1. The highest BCUT2D eigenvalue weighted by Crippen LogP contribution is 2.16. The molecule has 1 heterocycles. The van der Waals surface area contributed by atoms with Crippen LogP contribution in [0.3, 0.4) is 0 Å². The summed E-state index contributed by atoms with van der Waals surface area (Å²) in [6.45, 7) is 4.26. The van der Waals surface area contributed by atoms with Crippen LogP contribution in [0.15, 0.2) is 60.9 Å². The maximum atomic E-state index is 5.80. The number of rotatable bonds is 6. The number of aryl methyl sites for hydroxylation is 1. The summed E-state index contributed by atoms with van der Waals surface area (Å²) in [6, 6.07) is 17.0. The Labute approximate surface area is 154 Å². The second kappa shape index (κ2) is 8.19. The highest BCUT2D eigenvalue weighted by atomic mass is 32.1. The molecule has 2 N–H and O–H groups in total. The van der Waals surface area contributed by atoms with Crippen molar-refractivity contribution in [3.63, 3.8) is 0 Å². The van der Waals surface area contributed by atoms with Gasteiger partial charge < -0.3 is 10.6 Å². The first-order valence-electron chi connectivity index (χ1n) is 8.52. The molecule has 25 heavy (non-hydrogen) atoms. The van der Waals surface area contributed by atoms with Crippen molar-refractivity contribution in [3.8, 4) is 0 Å². The molecule has 0 aliphatic rings. The predicted molar refractivity (Wildman–Crippen MR) is 109 cm³/mol. The summed E-state index contributed by atoms with van der Waals surface area (Å²) < 4.78 is 0. The third-order valence-electron chi connectivity index (χ3n) is 4.31. The van der Waals surface area contributed by atoms with Gasteiger partial charge in [0.1, 0.15) is 0 Å². The van der Waals surface area contributed by atoms with Gasteiger partial charge in [0, 0.05) is 43.8 Å². The summed E-state index contributed by atoms with van der Waals surface area (Å²) in [6.07, 6.45) is 4.46. The normalized spacial score (nSPS) is 10.8. The predicted octanol–water partition coefficient (Wildman–Crippen LogP) is 3.87. The van der Waals surface area contributed by atoms with Crippen molar-refractivity contribution in [1.82, 2.24) is 9.88 Å². The lowest BCUT2D eigenvalue weighted by Gasteiger charge is -2.25. The van der Waals surface area contributed by atoms with Crippen molar-refractivity contribution in [3.05, 3.63) is 77.6 Å². The lowest BCUT2D eigenvalue weighted by Crippen LogP contribution is -2.34. The number of nitrogens with two attached hydrogens (primary N) is 1. The number of benzene rings is 2. The third kappa shape index (κ3) is 4.62. The zero-order chi connectivity index (χ0) is 17.6. The lowest BCUT2D eigenvalue weighted by atomic mass is 10.1. The van der Waals surface area contributed by atoms with E-state index in [2.05, 4.69) is 59.3 Å². The number of nitrogens with zero attached hydrogens (tertiary/aromatic N) is 2. The van der Waals surface area contributed by atoms with E-state index in [-0.39, 0.29) is 0 Å². The van der Waals surface area contributed by atoms with Crippen molar-refractivity contribution < 1.29 is 0 Å². The summed E-state index contributed by atoms with van der Waals surface area (Å²) in [5.41, 5.74) is 9.54. The quantitative estimate of drug-likeness (QED) is 0.686. The van der Waals surface area contributed by atoms with Crippen LogP contribution in [-0.4, -0.2) is 28.0 Å². The molecule has 0 radical (unpaired) electrons. The van der Waals surface area contributed by atoms with E-state index in [4.69, 9.17) is 18.0 Å². The van der Waals surface area contributed by atoms with E-state index in [0.717, 1.165) is 29.9 Å². The molecule has 0 amide bonds. The van der Waals surface area contributed by atoms with Crippen LogP contribution in [0.5, 0.6) is 0 Å². The Bertz CT molecular complexity index is 858. The average Bonchev–Trinajstić information content (AvgIpc) is 2.63. The highest BCUT2D eigenvalue weighted by Gasteiger charge is 2.11. The smallest absolute Gasteiger partial charge is 0.0827 e. The van der Waals surface area contributed by atoms with Gasteiger partial charge in [-0.05, 0) is 29.5 Å². The fourth-order valence-corrected chi connectivity index (χ4v) is 3.21. The van der Waals surface area contributed by atoms with Gasteiger partial charge in [0.05, 0.1) is 4.99 Å². The molecule has 0 saturated heterocycles. The van der Waals surface area contributed by atoms with E-state index in [1.54, 1.807) is 0 Å². The topological polar surface area (TPSA) is 42.1 Å². The Morgan fingerprint density at radius 1 is 1.04 bits per heavy atom. The lowest BCUT2D eigenvalue weighted by molar-refractivity contribution is 0.424. The molecule has 0 fully saturated rings. The molecule has 0 bridgehead atoms. The second-order valence-corrected chi connectivity index (χ2v) is 6.79. The number of thiocarbonyl (C=S) groups is 1. The first-order chi connectivity index (χ1) is 12.2. The first-order valence-corrected chi connectivity index (χ1v) is 8.92. The molecule has 0 unspecified atom stereocenters. The van der Waals surface area contributed by atoms with Crippen molar-refractivity contribution in [2.45, 2.75) is 19.9 Å². The number of fused-ring (bicyclic) bond motifs is 1. The average molecular weight is 350 g/mol. The molecule has 4 heteroatoms. The number of pyridine rings is 1. The summed E-state index contributed by atoms with van der Waals surface area (Å²) in [7, 11) is 0. The van der Waals surface area contributed by atoms with Gasteiger partial charge in [-0.2, -0.15) is 0 Å². The second-order valence-electron chi connectivity index (χ2n) is 6.32. The van der Waals surface area contributed by atoms with Crippen LogP contribution in [0.2, 0.25) is 0 Å². The van der Waals surface area contributed by atoms with E-state index in [9.17, 15) is 0 Å². The Morgan fingerprint density at radius 3 is 2.56 bits per heavy atom. The van der Waals surface area contributed by atoms with Gasteiger partial charge in [-0.25, -0.2) is 0 Å². The minimum Gasteiger partial charge on any atom is -0.360 e. The molecule has 0 atom stereocenters. The van der Waals surface area contributed by atoms with Crippen LogP contribution in [0.1, 0.15) is 16.7 Å². The Morgan fingerprint density at radius 2 is 1.80 bits per heavy atom. The number of hydrogen-bond donors (Lipinski definition) is 1. The van der Waals surface area contributed by atoms with E-state index >= 15 is 0 Å². The minimum absolute atomic E-state index is 0.593. The molecule has 3 nitrogen and oxygen atoms in total. The summed E-state index contributed by atoms with van der Waals surface area (Å²) in [4.78, 5) is 7.30. The van der Waals surface area contributed by atoms with Gasteiger partial charge in [-0.3, -0.25) is 4.98 Å².